The van der Waals surface area contributed by atoms with Gasteiger partial charge in [0, 0.05) is 5.33 Å². The van der Waals surface area contributed by atoms with Crippen LogP contribution in [0, 0.1) is 5.92 Å². The third-order valence-electron chi connectivity index (χ3n) is 3.35. The van der Waals surface area contributed by atoms with Gasteiger partial charge in [-0.05, 0) is 51.5 Å². The molecule has 0 spiro atoms. The second-order valence-corrected chi connectivity index (χ2v) is 6.83. The maximum absolute atomic E-state index is 5.90. The summed E-state index contributed by atoms with van der Waals surface area (Å²) in [5.74, 6) is 1.52. The summed E-state index contributed by atoms with van der Waals surface area (Å²) in [6, 6.07) is 16.5. The van der Waals surface area contributed by atoms with E-state index in [-0.39, 0.29) is 0 Å². The van der Waals surface area contributed by atoms with Crippen molar-refractivity contribution in [3.8, 4) is 5.75 Å². The van der Waals surface area contributed by atoms with Crippen LogP contribution in [-0.2, 0) is 0 Å². The maximum atomic E-state index is 5.90. The highest BCUT2D eigenvalue weighted by Gasteiger charge is 2.04. The predicted molar refractivity (Wildman–Crippen MR) is 103 cm³/mol. The largest absolute Gasteiger partial charge is 0.492 e. The molecule has 0 heterocycles. The fourth-order valence-corrected chi connectivity index (χ4v) is 2.62. The van der Waals surface area contributed by atoms with E-state index in [2.05, 4.69) is 75.2 Å². The van der Waals surface area contributed by atoms with Crippen molar-refractivity contribution in [2.75, 3.05) is 11.9 Å². The zero-order chi connectivity index (χ0) is 15.8. The summed E-state index contributed by atoms with van der Waals surface area (Å²) in [5, 5.41) is 1.01. The van der Waals surface area contributed by atoms with Gasteiger partial charge >= 0.3 is 0 Å². The number of benzene rings is 2. The molecule has 3 heteroatoms. The molecule has 1 unspecified atom stereocenters. The molecule has 0 aliphatic rings. The Labute approximate surface area is 149 Å². The maximum Gasteiger partial charge on any atom is 0.134 e. The molecular weight excluding hydrogens is 404 g/mol. The van der Waals surface area contributed by atoms with Crippen LogP contribution in [0.5, 0.6) is 5.75 Å². The second-order valence-electron chi connectivity index (χ2n) is 5.33. The van der Waals surface area contributed by atoms with Crippen molar-refractivity contribution < 1.29 is 4.74 Å². The van der Waals surface area contributed by atoms with E-state index in [0.717, 1.165) is 34.1 Å². The van der Waals surface area contributed by atoms with Gasteiger partial charge in [-0.2, -0.15) is 0 Å². The molecule has 2 rings (SSSR count). The summed E-state index contributed by atoms with van der Waals surface area (Å²) in [6.45, 7) is 2.95. The Kier molecular flexibility index (Phi) is 7.20. The first-order valence-corrected chi connectivity index (χ1v) is 9.32. The lowest BCUT2D eigenvalue weighted by Gasteiger charge is -2.11. The Morgan fingerprint density at radius 1 is 1.05 bits per heavy atom. The number of hydrogen-bond acceptors (Lipinski definition) is 1. The summed E-state index contributed by atoms with van der Waals surface area (Å²) in [4.78, 5) is 0. The summed E-state index contributed by atoms with van der Waals surface area (Å²) < 4.78 is 6.90. The van der Waals surface area contributed by atoms with Crippen molar-refractivity contribution in [2.24, 2.45) is 5.92 Å². The second kappa shape index (κ2) is 9.16. The fourth-order valence-electron chi connectivity index (χ4n) is 1.94. The van der Waals surface area contributed by atoms with Gasteiger partial charge < -0.3 is 4.74 Å². The first-order chi connectivity index (χ1) is 10.7. The molecule has 116 valence electrons. The molecule has 1 nitrogen and oxygen atoms in total. The molecule has 0 saturated heterocycles. The SMILES string of the molecule is CC(CBr)CCOc1cc(/C=C/c2ccccc2)ccc1Br. The minimum absolute atomic E-state index is 0.625. The van der Waals surface area contributed by atoms with E-state index in [9.17, 15) is 0 Å². The molecule has 22 heavy (non-hydrogen) atoms. The molecule has 0 saturated carbocycles. The molecular formula is C19H20Br2O. The molecule has 0 amide bonds. The highest BCUT2D eigenvalue weighted by Crippen LogP contribution is 2.27. The smallest absolute Gasteiger partial charge is 0.134 e. The minimum atomic E-state index is 0.625. The molecule has 0 fully saturated rings. The van der Waals surface area contributed by atoms with Crippen molar-refractivity contribution in [1.29, 1.82) is 0 Å². The molecule has 0 aromatic heterocycles. The first kappa shape index (κ1) is 17.3. The molecule has 2 aromatic rings. The predicted octanol–water partition coefficient (Wildman–Crippen LogP) is 6.42. The van der Waals surface area contributed by atoms with Crippen LogP contribution in [0.2, 0.25) is 0 Å². The average molecular weight is 424 g/mol. The van der Waals surface area contributed by atoms with Gasteiger partial charge in [-0.1, -0.05) is 71.4 Å². The third-order valence-corrected chi connectivity index (χ3v) is 5.12. The highest BCUT2D eigenvalue weighted by molar-refractivity contribution is 9.10. The van der Waals surface area contributed by atoms with Gasteiger partial charge in [-0.25, -0.2) is 0 Å². The normalized spacial score (nSPS) is 12.5. The molecule has 0 radical (unpaired) electrons. The van der Waals surface area contributed by atoms with Crippen LogP contribution in [0.1, 0.15) is 24.5 Å². The van der Waals surface area contributed by atoms with Crippen LogP contribution in [-0.4, -0.2) is 11.9 Å². The van der Waals surface area contributed by atoms with E-state index >= 15 is 0 Å². The van der Waals surface area contributed by atoms with E-state index in [1.165, 1.54) is 5.56 Å². The Bertz CT molecular complexity index is 608. The number of rotatable bonds is 7. The van der Waals surface area contributed by atoms with Crippen LogP contribution in [0.4, 0.5) is 0 Å². The van der Waals surface area contributed by atoms with Gasteiger partial charge in [0.1, 0.15) is 5.75 Å². The number of halogens is 2. The van der Waals surface area contributed by atoms with Gasteiger partial charge in [-0.3, -0.25) is 0 Å². The zero-order valence-corrected chi connectivity index (χ0v) is 15.8. The van der Waals surface area contributed by atoms with Crippen molar-refractivity contribution in [3.63, 3.8) is 0 Å². The molecule has 0 bridgehead atoms. The van der Waals surface area contributed by atoms with Crippen molar-refractivity contribution >= 4 is 44.0 Å². The summed E-state index contributed by atoms with van der Waals surface area (Å²) >= 11 is 7.05. The van der Waals surface area contributed by atoms with Crippen LogP contribution >= 0.6 is 31.9 Å². The summed E-state index contributed by atoms with van der Waals surface area (Å²) in [6.07, 6.45) is 5.26. The van der Waals surface area contributed by atoms with Crippen molar-refractivity contribution in [3.05, 3.63) is 64.1 Å². The fraction of sp³-hybridized carbons (Fsp3) is 0.263. The highest BCUT2D eigenvalue weighted by atomic mass is 79.9. The van der Waals surface area contributed by atoms with Crippen LogP contribution < -0.4 is 4.74 Å². The first-order valence-electron chi connectivity index (χ1n) is 7.40. The van der Waals surface area contributed by atoms with E-state index in [1.54, 1.807) is 0 Å². The van der Waals surface area contributed by atoms with Gasteiger partial charge in [-0.15, -0.1) is 0 Å². The Hall–Kier alpha value is -1.06. The zero-order valence-electron chi connectivity index (χ0n) is 12.6. The van der Waals surface area contributed by atoms with Crippen LogP contribution in [0.15, 0.2) is 53.0 Å². The lowest BCUT2D eigenvalue weighted by atomic mass is 10.1. The molecule has 1 atom stereocenters. The lowest BCUT2D eigenvalue weighted by Crippen LogP contribution is -2.05. The topological polar surface area (TPSA) is 9.23 Å². The summed E-state index contributed by atoms with van der Waals surface area (Å²) in [5.41, 5.74) is 2.33. The van der Waals surface area contributed by atoms with Gasteiger partial charge in [0.2, 0.25) is 0 Å². The molecule has 0 aliphatic heterocycles. The quantitative estimate of drug-likeness (QED) is 0.368. The lowest BCUT2D eigenvalue weighted by molar-refractivity contribution is 0.289. The Morgan fingerprint density at radius 2 is 1.77 bits per heavy atom. The van der Waals surface area contributed by atoms with Crippen molar-refractivity contribution in [2.45, 2.75) is 13.3 Å². The number of alkyl halides is 1. The molecule has 0 N–H and O–H groups in total. The van der Waals surface area contributed by atoms with E-state index in [0.29, 0.717) is 5.92 Å². The average Bonchev–Trinajstić information content (AvgIpc) is 2.56. The van der Waals surface area contributed by atoms with Gasteiger partial charge in [0.25, 0.3) is 0 Å². The molecule has 0 aliphatic carbocycles. The third kappa shape index (κ3) is 5.62. The van der Waals surface area contributed by atoms with Crippen molar-refractivity contribution in [1.82, 2.24) is 0 Å². The van der Waals surface area contributed by atoms with E-state index in [4.69, 9.17) is 4.74 Å². The van der Waals surface area contributed by atoms with Gasteiger partial charge in [0.15, 0.2) is 0 Å². The van der Waals surface area contributed by atoms with Crippen LogP contribution in [0.3, 0.4) is 0 Å². The van der Waals surface area contributed by atoms with Crippen LogP contribution in [0.25, 0.3) is 12.2 Å². The standard InChI is InChI=1S/C19H20Br2O/c1-15(14-20)11-12-22-19-13-17(9-10-18(19)21)8-7-16-5-3-2-4-6-16/h2-10,13,15H,11-12,14H2,1H3/b8-7+. The summed E-state index contributed by atoms with van der Waals surface area (Å²) in [7, 11) is 0. The van der Waals surface area contributed by atoms with Gasteiger partial charge in [0.05, 0.1) is 11.1 Å². The van der Waals surface area contributed by atoms with E-state index in [1.807, 2.05) is 24.3 Å². The minimum Gasteiger partial charge on any atom is -0.492 e. The van der Waals surface area contributed by atoms with E-state index < -0.39 is 0 Å². The monoisotopic (exact) mass is 422 g/mol. The number of hydrogen-bond donors (Lipinski definition) is 0. The Morgan fingerprint density at radius 3 is 2.50 bits per heavy atom. The molecule has 2 aromatic carbocycles. The Balaban J connectivity index is 2.01. The number of ether oxygens (including phenoxy) is 1.